The number of carbonyl (C=O) groups is 1. The number of aromatic nitrogens is 1. The summed E-state index contributed by atoms with van der Waals surface area (Å²) < 4.78 is 0. The van der Waals surface area contributed by atoms with E-state index in [0.717, 1.165) is 16.1 Å². The van der Waals surface area contributed by atoms with E-state index in [1.54, 1.807) is 6.20 Å². The second kappa shape index (κ2) is 4.90. The van der Waals surface area contributed by atoms with Crippen molar-refractivity contribution < 1.29 is 4.79 Å². The number of carbonyl (C=O) groups excluding carboxylic acids is 1. The summed E-state index contributed by atoms with van der Waals surface area (Å²) >= 11 is 1.46. The highest BCUT2D eigenvalue weighted by Gasteiger charge is 2.25. The largest absolute Gasteiger partial charge is 0.341 e. The van der Waals surface area contributed by atoms with E-state index in [-0.39, 0.29) is 5.91 Å². The van der Waals surface area contributed by atoms with Gasteiger partial charge in [-0.05, 0) is 49.9 Å². The van der Waals surface area contributed by atoms with Crippen molar-refractivity contribution in [2.75, 3.05) is 0 Å². The molecule has 0 spiro atoms. The summed E-state index contributed by atoms with van der Waals surface area (Å²) in [5, 5.41) is 4.95. The van der Waals surface area contributed by atoms with Gasteiger partial charge in [-0.1, -0.05) is 6.07 Å². The molecule has 3 nitrogen and oxygen atoms in total. The van der Waals surface area contributed by atoms with Crippen LogP contribution in [-0.2, 0) is 5.54 Å². The van der Waals surface area contributed by atoms with Gasteiger partial charge in [-0.2, -0.15) is 0 Å². The fourth-order valence-electron chi connectivity index (χ4n) is 1.74. The molecule has 0 aliphatic rings. The minimum absolute atomic E-state index is 0.0434. The molecule has 2 aromatic rings. The van der Waals surface area contributed by atoms with E-state index in [9.17, 15) is 4.79 Å². The van der Waals surface area contributed by atoms with Gasteiger partial charge in [-0.15, -0.1) is 11.3 Å². The van der Waals surface area contributed by atoms with E-state index >= 15 is 0 Å². The maximum Gasteiger partial charge on any atom is 0.262 e. The quantitative estimate of drug-likeness (QED) is 0.921. The molecule has 0 saturated carbocycles. The average Bonchev–Trinajstić information content (AvgIpc) is 2.76. The highest BCUT2D eigenvalue weighted by molar-refractivity contribution is 7.12. The predicted molar refractivity (Wildman–Crippen MR) is 73.8 cm³/mol. The molecule has 0 saturated heterocycles. The lowest BCUT2D eigenvalue weighted by molar-refractivity contribution is 0.0914. The van der Waals surface area contributed by atoms with Gasteiger partial charge in [0, 0.05) is 6.20 Å². The van der Waals surface area contributed by atoms with Crippen molar-refractivity contribution in [2.45, 2.75) is 26.3 Å². The number of rotatable bonds is 3. The van der Waals surface area contributed by atoms with E-state index in [1.807, 2.05) is 50.4 Å². The molecular formula is C14H16N2OS. The number of hydrogen-bond donors (Lipinski definition) is 1. The highest BCUT2D eigenvalue weighted by atomic mass is 32.1. The van der Waals surface area contributed by atoms with Gasteiger partial charge in [0.25, 0.3) is 5.91 Å². The van der Waals surface area contributed by atoms with Gasteiger partial charge in [-0.3, -0.25) is 9.78 Å². The number of hydrogen-bond acceptors (Lipinski definition) is 3. The molecule has 1 amide bonds. The Bertz CT molecular complexity index is 546. The van der Waals surface area contributed by atoms with Crippen molar-refractivity contribution in [1.82, 2.24) is 10.3 Å². The molecule has 0 aromatic carbocycles. The van der Waals surface area contributed by atoms with Crippen LogP contribution in [-0.4, -0.2) is 10.9 Å². The molecular weight excluding hydrogens is 244 g/mol. The maximum absolute atomic E-state index is 12.2. The fraction of sp³-hybridized carbons (Fsp3) is 0.286. The predicted octanol–water partition coefficient (Wildman–Crippen LogP) is 3.12. The van der Waals surface area contributed by atoms with Crippen LogP contribution in [0.15, 0.2) is 35.8 Å². The Labute approximate surface area is 111 Å². The first-order chi connectivity index (χ1) is 8.50. The summed E-state index contributed by atoms with van der Waals surface area (Å²) in [5.74, 6) is -0.0434. The molecule has 0 aliphatic heterocycles. The molecule has 2 rings (SSSR count). The normalized spacial score (nSPS) is 11.3. The molecule has 0 bridgehead atoms. The highest BCUT2D eigenvalue weighted by Crippen LogP contribution is 2.21. The van der Waals surface area contributed by atoms with Crippen molar-refractivity contribution in [3.63, 3.8) is 0 Å². The van der Waals surface area contributed by atoms with Crippen LogP contribution in [0.1, 0.15) is 34.8 Å². The van der Waals surface area contributed by atoms with Crippen LogP contribution in [0.25, 0.3) is 0 Å². The van der Waals surface area contributed by atoms with Gasteiger partial charge < -0.3 is 5.32 Å². The summed E-state index contributed by atoms with van der Waals surface area (Å²) in [6.45, 7) is 5.85. The smallest absolute Gasteiger partial charge is 0.262 e. The molecule has 18 heavy (non-hydrogen) atoms. The Balaban J connectivity index is 2.19. The second-order valence-corrected chi connectivity index (χ2v) is 5.64. The first kappa shape index (κ1) is 12.8. The lowest BCUT2D eigenvalue weighted by Crippen LogP contribution is -2.41. The van der Waals surface area contributed by atoms with Crippen molar-refractivity contribution >= 4 is 17.2 Å². The van der Waals surface area contributed by atoms with Crippen molar-refractivity contribution in [2.24, 2.45) is 0 Å². The topological polar surface area (TPSA) is 42.0 Å². The molecule has 0 unspecified atom stereocenters. The van der Waals surface area contributed by atoms with Crippen molar-refractivity contribution in [1.29, 1.82) is 0 Å². The van der Waals surface area contributed by atoms with E-state index < -0.39 is 5.54 Å². The summed E-state index contributed by atoms with van der Waals surface area (Å²) in [6, 6.07) is 7.66. The van der Waals surface area contributed by atoms with Crippen molar-refractivity contribution in [3.8, 4) is 0 Å². The summed E-state index contributed by atoms with van der Waals surface area (Å²) in [5.41, 5.74) is 1.39. The van der Waals surface area contributed by atoms with E-state index in [4.69, 9.17) is 0 Å². The van der Waals surface area contributed by atoms with Crippen LogP contribution in [0.3, 0.4) is 0 Å². The number of pyridine rings is 1. The Kier molecular flexibility index (Phi) is 3.48. The molecule has 0 atom stereocenters. The molecule has 2 heterocycles. The second-order valence-electron chi connectivity index (χ2n) is 4.73. The molecule has 0 radical (unpaired) electrons. The van der Waals surface area contributed by atoms with E-state index in [2.05, 4.69) is 10.3 Å². The van der Waals surface area contributed by atoms with E-state index in [0.29, 0.717) is 0 Å². The summed E-state index contributed by atoms with van der Waals surface area (Å²) in [6.07, 6.45) is 1.74. The van der Waals surface area contributed by atoms with Crippen LogP contribution in [0.4, 0.5) is 0 Å². The fourth-order valence-corrected chi connectivity index (χ4v) is 2.56. The Morgan fingerprint density at radius 1 is 1.33 bits per heavy atom. The Morgan fingerprint density at radius 3 is 2.67 bits per heavy atom. The number of nitrogens with one attached hydrogen (secondary N) is 1. The lowest BCUT2D eigenvalue weighted by atomic mass is 9.99. The van der Waals surface area contributed by atoms with Gasteiger partial charge in [-0.25, -0.2) is 0 Å². The number of nitrogens with zero attached hydrogens (tertiary/aromatic N) is 1. The summed E-state index contributed by atoms with van der Waals surface area (Å²) in [7, 11) is 0. The van der Waals surface area contributed by atoms with Gasteiger partial charge in [0.1, 0.15) is 0 Å². The van der Waals surface area contributed by atoms with Crippen LogP contribution in [0.2, 0.25) is 0 Å². The van der Waals surface area contributed by atoms with Gasteiger partial charge in [0.2, 0.25) is 0 Å². The third kappa shape index (κ3) is 2.59. The summed E-state index contributed by atoms with van der Waals surface area (Å²) in [4.78, 5) is 17.2. The number of thiophene rings is 1. The standard InChI is InChI=1S/C14H16N2OS/c1-10-7-9-18-12(10)13(17)16-14(2,3)11-6-4-5-8-15-11/h4-9H,1-3H3,(H,16,17). The SMILES string of the molecule is Cc1ccsc1C(=O)NC(C)(C)c1ccccn1. The van der Waals surface area contributed by atoms with Gasteiger partial charge in [0.05, 0.1) is 16.1 Å². The molecule has 2 aromatic heterocycles. The zero-order valence-corrected chi connectivity index (χ0v) is 11.5. The lowest BCUT2D eigenvalue weighted by Gasteiger charge is -2.25. The third-order valence-corrected chi connectivity index (χ3v) is 3.81. The maximum atomic E-state index is 12.2. The molecule has 0 aliphatic carbocycles. The van der Waals surface area contributed by atoms with Crippen LogP contribution >= 0.6 is 11.3 Å². The molecule has 0 fully saturated rings. The number of amides is 1. The molecule has 4 heteroatoms. The first-order valence-electron chi connectivity index (χ1n) is 5.79. The Hall–Kier alpha value is -1.68. The minimum atomic E-state index is -0.477. The monoisotopic (exact) mass is 260 g/mol. The third-order valence-electron chi connectivity index (χ3n) is 2.80. The first-order valence-corrected chi connectivity index (χ1v) is 6.67. The average molecular weight is 260 g/mol. The minimum Gasteiger partial charge on any atom is -0.341 e. The zero-order valence-electron chi connectivity index (χ0n) is 10.7. The van der Waals surface area contributed by atoms with Crippen LogP contribution < -0.4 is 5.32 Å². The van der Waals surface area contributed by atoms with Gasteiger partial charge in [0.15, 0.2) is 0 Å². The van der Waals surface area contributed by atoms with Gasteiger partial charge >= 0.3 is 0 Å². The van der Waals surface area contributed by atoms with Crippen LogP contribution in [0.5, 0.6) is 0 Å². The molecule has 94 valence electrons. The number of aryl methyl sites for hydroxylation is 1. The van der Waals surface area contributed by atoms with Crippen molar-refractivity contribution in [3.05, 3.63) is 52.0 Å². The Morgan fingerprint density at radius 2 is 2.11 bits per heavy atom. The zero-order chi connectivity index (χ0) is 13.2. The van der Waals surface area contributed by atoms with Crippen LogP contribution in [0, 0.1) is 6.92 Å². The molecule has 1 N–H and O–H groups in total. The van der Waals surface area contributed by atoms with E-state index in [1.165, 1.54) is 11.3 Å².